The molecule has 1 amide bonds. The SMILES string of the molecule is C#CCNC(=O)CSC1=Nc2ccccc2C1. The zero-order valence-electron chi connectivity index (χ0n) is 9.27. The van der Waals surface area contributed by atoms with E-state index in [9.17, 15) is 4.79 Å². The summed E-state index contributed by atoms with van der Waals surface area (Å²) < 4.78 is 0. The van der Waals surface area contributed by atoms with Gasteiger partial charge >= 0.3 is 0 Å². The molecule has 3 nitrogen and oxygen atoms in total. The second kappa shape index (κ2) is 5.55. The molecule has 0 fully saturated rings. The highest BCUT2D eigenvalue weighted by Gasteiger charge is 2.14. The summed E-state index contributed by atoms with van der Waals surface area (Å²) in [4.78, 5) is 15.8. The molecule has 86 valence electrons. The number of carbonyl (C=O) groups is 1. The minimum absolute atomic E-state index is 0.0494. The van der Waals surface area contributed by atoms with Crippen LogP contribution < -0.4 is 5.32 Å². The lowest BCUT2D eigenvalue weighted by atomic mass is 10.2. The van der Waals surface area contributed by atoms with Crippen LogP contribution >= 0.6 is 11.8 Å². The number of fused-ring (bicyclic) bond motifs is 1. The highest BCUT2D eigenvalue weighted by atomic mass is 32.2. The zero-order valence-corrected chi connectivity index (χ0v) is 10.1. The third kappa shape index (κ3) is 3.11. The Balaban J connectivity index is 1.84. The van der Waals surface area contributed by atoms with Crippen molar-refractivity contribution in [3.8, 4) is 12.3 Å². The highest BCUT2D eigenvalue weighted by molar-refractivity contribution is 8.14. The summed E-state index contributed by atoms with van der Waals surface area (Å²) >= 11 is 1.47. The number of hydrogen-bond acceptors (Lipinski definition) is 3. The number of benzene rings is 1. The minimum atomic E-state index is -0.0494. The van der Waals surface area contributed by atoms with Crippen LogP contribution in [0.25, 0.3) is 0 Å². The number of rotatable bonds is 3. The van der Waals surface area contributed by atoms with Crippen molar-refractivity contribution in [2.75, 3.05) is 12.3 Å². The van der Waals surface area contributed by atoms with E-state index in [1.807, 2.05) is 18.2 Å². The topological polar surface area (TPSA) is 41.5 Å². The summed E-state index contributed by atoms with van der Waals surface area (Å²) in [7, 11) is 0. The van der Waals surface area contributed by atoms with E-state index in [0.29, 0.717) is 5.75 Å². The number of nitrogens with zero attached hydrogens (tertiary/aromatic N) is 1. The minimum Gasteiger partial charge on any atom is -0.344 e. The van der Waals surface area contributed by atoms with Gasteiger partial charge in [0, 0.05) is 6.42 Å². The lowest BCUT2D eigenvalue weighted by Crippen LogP contribution is -2.25. The van der Waals surface area contributed by atoms with Crippen molar-refractivity contribution < 1.29 is 4.79 Å². The molecule has 2 rings (SSSR count). The maximum atomic E-state index is 11.3. The molecule has 17 heavy (non-hydrogen) atoms. The largest absolute Gasteiger partial charge is 0.344 e. The van der Waals surface area contributed by atoms with E-state index in [2.05, 4.69) is 22.3 Å². The number of para-hydroxylation sites is 1. The summed E-state index contributed by atoms with van der Waals surface area (Å²) in [5, 5.41) is 3.61. The van der Waals surface area contributed by atoms with Gasteiger partial charge in [0.1, 0.15) is 0 Å². The van der Waals surface area contributed by atoms with Gasteiger partial charge in [-0.15, -0.1) is 18.2 Å². The molecule has 0 atom stereocenters. The molecule has 1 aromatic carbocycles. The van der Waals surface area contributed by atoms with Gasteiger partial charge in [-0.05, 0) is 11.6 Å². The quantitative estimate of drug-likeness (QED) is 0.823. The van der Waals surface area contributed by atoms with E-state index in [0.717, 1.165) is 17.2 Å². The van der Waals surface area contributed by atoms with E-state index in [1.165, 1.54) is 17.3 Å². The van der Waals surface area contributed by atoms with Crippen molar-refractivity contribution in [1.82, 2.24) is 5.32 Å². The molecule has 0 bridgehead atoms. The van der Waals surface area contributed by atoms with Gasteiger partial charge in [-0.2, -0.15) is 0 Å². The highest BCUT2D eigenvalue weighted by Crippen LogP contribution is 2.29. The average molecular weight is 244 g/mol. The van der Waals surface area contributed by atoms with Crippen LogP contribution in [0.2, 0.25) is 0 Å². The van der Waals surface area contributed by atoms with Crippen LogP contribution in [0.3, 0.4) is 0 Å². The maximum absolute atomic E-state index is 11.3. The summed E-state index contributed by atoms with van der Waals surface area (Å²) in [5.74, 6) is 2.69. The fourth-order valence-corrected chi connectivity index (χ4v) is 2.36. The van der Waals surface area contributed by atoms with Crippen LogP contribution in [0.4, 0.5) is 5.69 Å². The van der Waals surface area contributed by atoms with Crippen LogP contribution in [0.1, 0.15) is 5.56 Å². The normalized spacial score (nSPS) is 12.5. The van der Waals surface area contributed by atoms with Gasteiger partial charge < -0.3 is 5.32 Å². The van der Waals surface area contributed by atoms with Crippen LogP contribution in [-0.2, 0) is 11.2 Å². The van der Waals surface area contributed by atoms with E-state index in [-0.39, 0.29) is 12.5 Å². The van der Waals surface area contributed by atoms with Gasteiger partial charge in [0.05, 0.1) is 23.0 Å². The smallest absolute Gasteiger partial charge is 0.231 e. The summed E-state index contributed by atoms with van der Waals surface area (Å²) in [6, 6.07) is 8.02. The van der Waals surface area contributed by atoms with E-state index in [4.69, 9.17) is 6.42 Å². The Kier molecular flexibility index (Phi) is 3.84. The molecular formula is C13H12N2OS. The van der Waals surface area contributed by atoms with Gasteiger partial charge in [-0.1, -0.05) is 24.1 Å². The zero-order chi connectivity index (χ0) is 12.1. The Bertz CT molecular complexity index is 502. The number of aliphatic imine (C=N–C) groups is 1. The Morgan fingerprint density at radius 1 is 1.53 bits per heavy atom. The second-order valence-electron chi connectivity index (χ2n) is 3.58. The van der Waals surface area contributed by atoms with Crippen molar-refractivity contribution >= 4 is 28.4 Å². The number of nitrogens with one attached hydrogen (secondary N) is 1. The third-order valence-electron chi connectivity index (χ3n) is 2.34. The lowest BCUT2D eigenvalue weighted by molar-refractivity contribution is -0.118. The monoisotopic (exact) mass is 244 g/mol. The molecule has 1 aliphatic heterocycles. The summed E-state index contributed by atoms with van der Waals surface area (Å²) in [5.41, 5.74) is 2.23. The molecule has 0 saturated heterocycles. The number of amides is 1. The maximum Gasteiger partial charge on any atom is 0.231 e. The van der Waals surface area contributed by atoms with Crippen LogP contribution in [0, 0.1) is 12.3 Å². The van der Waals surface area contributed by atoms with Gasteiger partial charge in [-0.3, -0.25) is 4.79 Å². The predicted molar refractivity (Wildman–Crippen MR) is 71.5 cm³/mol. The van der Waals surface area contributed by atoms with Crippen LogP contribution in [-0.4, -0.2) is 23.2 Å². The van der Waals surface area contributed by atoms with Gasteiger partial charge in [-0.25, -0.2) is 4.99 Å². The van der Waals surface area contributed by atoms with Gasteiger partial charge in [0.25, 0.3) is 0 Å². The van der Waals surface area contributed by atoms with Crippen LogP contribution in [0.5, 0.6) is 0 Å². The average Bonchev–Trinajstić information content (AvgIpc) is 2.76. The first-order valence-electron chi connectivity index (χ1n) is 5.28. The first-order chi connectivity index (χ1) is 8.29. The molecule has 0 aliphatic carbocycles. The van der Waals surface area contributed by atoms with Crippen molar-refractivity contribution in [3.63, 3.8) is 0 Å². The third-order valence-corrected chi connectivity index (χ3v) is 3.31. The molecule has 0 aromatic heterocycles. The fourth-order valence-electron chi connectivity index (χ4n) is 1.54. The van der Waals surface area contributed by atoms with Crippen molar-refractivity contribution in [2.24, 2.45) is 4.99 Å². The van der Waals surface area contributed by atoms with E-state index in [1.54, 1.807) is 0 Å². The van der Waals surface area contributed by atoms with E-state index < -0.39 is 0 Å². The number of hydrogen-bond donors (Lipinski definition) is 1. The van der Waals surface area contributed by atoms with Crippen molar-refractivity contribution in [1.29, 1.82) is 0 Å². The molecule has 1 heterocycles. The Morgan fingerprint density at radius 2 is 2.35 bits per heavy atom. The van der Waals surface area contributed by atoms with Crippen molar-refractivity contribution in [3.05, 3.63) is 29.8 Å². The van der Waals surface area contributed by atoms with Crippen molar-refractivity contribution in [2.45, 2.75) is 6.42 Å². The van der Waals surface area contributed by atoms with Gasteiger partial charge in [0.2, 0.25) is 5.91 Å². The number of carbonyl (C=O) groups excluding carboxylic acids is 1. The first kappa shape index (κ1) is 11.7. The molecule has 1 aliphatic rings. The molecule has 0 unspecified atom stereocenters. The first-order valence-corrected chi connectivity index (χ1v) is 6.26. The van der Waals surface area contributed by atoms with Gasteiger partial charge in [0.15, 0.2) is 0 Å². The molecule has 1 aromatic rings. The predicted octanol–water partition coefficient (Wildman–Crippen LogP) is 1.76. The number of thioether (sulfide) groups is 1. The molecule has 4 heteroatoms. The molecule has 0 saturated carbocycles. The van der Waals surface area contributed by atoms with Crippen LogP contribution in [0.15, 0.2) is 29.3 Å². The van der Waals surface area contributed by atoms with E-state index >= 15 is 0 Å². The number of terminal acetylenes is 1. The Hall–Kier alpha value is -1.73. The summed E-state index contributed by atoms with van der Waals surface area (Å²) in [6.07, 6.45) is 5.88. The molecular weight excluding hydrogens is 232 g/mol. The molecule has 0 spiro atoms. The summed E-state index contributed by atoms with van der Waals surface area (Å²) in [6.45, 7) is 0.284. The standard InChI is InChI=1S/C13H12N2OS/c1-2-7-14-12(16)9-17-13-8-10-5-3-4-6-11(10)15-13/h1,3-6H,7-9H2,(H,14,16). The second-order valence-corrected chi connectivity index (χ2v) is 4.63. The lowest BCUT2D eigenvalue weighted by Gasteiger charge is -2.00. The Morgan fingerprint density at radius 3 is 3.12 bits per heavy atom. The fraction of sp³-hybridized carbons (Fsp3) is 0.231. The molecule has 1 N–H and O–H groups in total. The Labute approximate surface area is 105 Å². The molecule has 0 radical (unpaired) electrons.